The van der Waals surface area contributed by atoms with Crippen molar-refractivity contribution >= 4 is 40.4 Å². The molecule has 0 unspecified atom stereocenters. The van der Waals surface area contributed by atoms with Gasteiger partial charge in [-0.3, -0.25) is 4.79 Å². The number of hydrogen-bond acceptors (Lipinski definition) is 2. The second-order valence-electron chi connectivity index (χ2n) is 3.97. The number of rotatable bonds is 4. The van der Waals surface area contributed by atoms with Gasteiger partial charge in [0.1, 0.15) is 5.82 Å². The topological polar surface area (TPSA) is 43.1 Å². The Bertz CT molecular complexity index is 610. The molecule has 0 atom stereocenters. The van der Waals surface area contributed by atoms with Gasteiger partial charge < -0.3 is 5.73 Å². The van der Waals surface area contributed by atoms with Crippen LogP contribution in [0.25, 0.3) is 10.4 Å². The van der Waals surface area contributed by atoms with Gasteiger partial charge >= 0.3 is 0 Å². The molecule has 0 spiro atoms. The minimum Gasteiger partial charge on any atom is -0.370 e. The van der Waals surface area contributed by atoms with Crippen LogP contribution in [0.15, 0.2) is 24.3 Å². The molecule has 19 heavy (non-hydrogen) atoms. The zero-order chi connectivity index (χ0) is 14.0. The van der Waals surface area contributed by atoms with Crippen LogP contribution in [-0.2, 0) is 11.2 Å². The smallest absolute Gasteiger partial charge is 0.217 e. The molecule has 0 bridgehead atoms. The molecular formula is C13H10Cl2FNOS. The van der Waals surface area contributed by atoms with Crippen molar-refractivity contribution in [3.05, 3.63) is 45.0 Å². The van der Waals surface area contributed by atoms with E-state index in [1.165, 1.54) is 23.5 Å². The van der Waals surface area contributed by atoms with Crippen LogP contribution < -0.4 is 5.73 Å². The van der Waals surface area contributed by atoms with Crippen molar-refractivity contribution in [3.8, 4) is 10.4 Å². The molecule has 0 saturated carbocycles. The van der Waals surface area contributed by atoms with Gasteiger partial charge in [-0.25, -0.2) is 4.39 Å². The normalized spacial score (nSPS) is 10.7. The van der Waals surface area contributed by atoms with E-state index in [1.54, 1.807) is 12.1 Å². The summed E-state index contributed by atoms with van der Waals surface area (Å²) in [7, 11) is 0. The molecule has 1 heterocycles. The molecule has 2 N–H and O–H groups in total. The lowest BCUT2D eigenvalue weighted by Crippen LogP contribution is -2.11. The van der Waals surface area contributed by atoms with Crippen LogP contribution in [0.5, 0.6) is 0 Å². The lowest BCUT2D eigenvalue weighted by Gasteiger charge is -2.00. The highest BCUT2D eigenvalue weighted by Gasteiger charge is 2.17. The summed E-state index contributed by atoms with van der Waals surface area (Å²) in [5.74, 6) is -0.710. The summed E-state index contributed by atoms with van der Waals surface area (Å²) in [4.78, 5) is 11.6. The fourth-order valence-electron chi connectivity index (χ4n) is 1.66. The van der Waals surface area contributed by atoms with Crippen molar-refractivity contribution < 1.29 is 9.18 Å². The third kappa shape index (κ3) is 3.26. The second kappa shape index (κ2) is 5.90. The third-order valence-electron chi connectivity index (χ3n) is 2.62. The van der Waals surface area contributed by atoms with Gasteiger partial charge in [0.05, 0.1) is 14.2 Å². The van der Waals surface area contributed by atoms with Crippen LogP contribution in [0, 0.1) is 5.82 Å². The Balaban J connectivity index is 2.35. The fraction of sp³-hybridized carbons (Fsp3) is 0.154. The Labute approximate surface area is 123 Å². The third-order valence-corrected chi connectivity index (χ3v) is 4.68. The summed E-state index contributed by atoms with van der Waals surface area (Å²) < 4.78 is 13.4. The minimum absolute atomic E-state index is 0.193. The van der Waals surface area contributed by atoms with Crippen LogP contribution in [0.2, 0.25) is 9.36 Å². The number of thiophene rings is 1. The molecule has 2 nitrogen and oxygen atoms in total. The predicted molar refractivity (Wildman–Crippen MR) is 77.2 cm³/mol. The molecular weight excluding hydrogens is 308 g/mol. The van der Waals surface area contributed by atoms with Crippen LogP contribution in [-0.4, -0.2) is 5.91 Å². The first-order valence-electron chi connectivity index (χ1n) is 5.50. The van der Waals surface area contributed by atoms with E-state index in [0.29, 0.717) is 21.3 Å². The quantitative estimate of drug-likeness (QED) is 0.898. The molecule has 1 aromatic carbocycles. The Kier molecular flexibility index (Phi) is 4.45. The van der Waals surface area contributed by atoms with Crippen molar-refractivity contribution in [2.24, 2.45) is 5.73 Å². The van der Waals surface area contributed by atoms with E-state index in [-0.39, 0.29) is 12.2 Å². The summed E-state index contributed by atoms with van der Waals surface area (Å²) in [5, 5.41) is 0.503. The summed E-state index contributed by atoms with van der Waals surface area (Å²) in [6.45, 7) is 0. The SMILES string of the molecule is NC(=O)CCc1c(Cl)sc(-c2ccc(F)cc2)c1Cl. The Morgan fingerprint density at radius 1 is 1.26 bits per heavy atom. The molecule has 0 aliphatic heterocycles. The molecule has 100 valence electrons. The summed E-state index contributed by atoms with van der Waals surface area (Å²) in [6, 6.07) is 6.01. The number of benzene rings is 1. The van der Waals surface area contributed by atoms with Crippen molar-refractivity contribution in [3.63, 3.8) is 0 Å². The first-order valence-corrected chi connectivity index (χ1v) is 7.07. The molecule has 6 heteroatoms. The molecule has 0 radical (unpaired) electrons. The average Bonchev–Trinajstić information content (AvgIpc) is 2.63. The number of hydrogen-bond donors (Lipinski definition) is 1. The van der Waals surface area contributed by atoms with E-state index in [1.807, 2.05) is 0 Å². The molecule has 0 aliphatic carbocycles. The fourth-order valence-corrected chi connectivity index (χ4v) is 3.57. The van der Waals surface area contributed by atoms with E-state index >= 15 is 0 Å². The van der Waals surface area contributed by atoms with Crippen LogP contribution in [0.1, 0.15) is 12.0 Å². The van der Waals surface area contributed by atoms with Crippen molar-refractivity contribution in [1.29, 1.82) is 0 Å². The van der Waals surface area contributed by atoms with Crippen LogP contribution >= 0.6 is 34.5 Å². The number of nitrogens with two attached hydrogens (primary N) is 1. The van der Waals surface area contributed by atoms with Gasteiger partial charge in [-0.1, -0.05) is 35.3 Å². The van der Waals surface area contributed by atoms with Crippen molar-refractivity contribution in [2.75, 3.05) is 0 Å². The summed E-state index contributed by atoms with van der Waals surface area (Å²) in [5.41, 5.74) is 6.62. The van der Waals surface area contributed by atoms with E-state index < -0.39 is 5.91 Å². The van der Waals surface area contributed by atoms with Gasteiger partial charge in [0.2, 0.25) is 5.91 Å². The average molecular weight is 318 g/mol. The number of amides is 1. The first kappa shape index (κ1) is 14.3. The second-order valence-corrected chi connectivity index (χ2v) is 5.97. The van der Waals surface area contributed by atoms with Gasteiger partial charge in [0.25, 0.3) is 0 Å². The highest BCUT2D eigenvalue weighted by Crippen LogP contribution is 2.43. The Hall–Kier alpha value is -1.10. The van der Waals surface area contributed by atoms with Gasteiger partial charge in [0, 0.05) is 12.0 Å². The van der Waals surface area contributed by atoms with Gasteiger partial charge in [-0.05, 0) is 24.1 Å². The van der Waals surface area contributed by atoms with Gasteiger partial charge in [-0.2, -0.15) is 0 Å². The first-order chi connectivity index (χ1) is 8.99. The molecule has 0 aliphatic rings. The van der Waals surface area contributed by atoms with E-state index in [2.05, 4.69) is 0 Å². The largest absolute Gasteiger partial charge is 0.370 e. The van der Waals surface area contributed by atoms with Gasteiger partial charge in [-0.15, -0.1) is 11.3 Å². The Morgan fingerprint density at radius 3 is 2.47 bits per heavy atom. The van der Waals surface area contributed by atoms with E-state index in [9.17, 15) is 9.18 Å². The molecule has 2 aromatic rings. The summed E-state index contributed by atoms with van der Waals surface area (Å²) in [6.07, 6.45) is 0.601. The molecule has 0 saturated heterocycles. The number of primary amides is 1. The maximum absolute atomic E-state index is 12.9. The highest BCUT2D eigenvalue weighted by atomic mass is 35.5. The zero-order valence-electron chi connectivity index (χ0n) is 9.75. The molecule has 2 rings (SSSR count). The number of halogens is 3. The minimum atomic E-state index is -0.401. The lowest BCUT2D eigenvalue weighted by molar-refractivity contribution is -0.117. The number of carbonyl (C=O) groups is 1. The highest BCUT2D eigenvalue weighted by molar-refractivity contribution is 7.20. The number of carbonyl (C=O) groups excluding carboxylic acids is 1. The molecule has 1 aromatic heterocycles. The lowest BCUT2D eigenvalue weighted by atomic mass is 10.1. The zero-order valence-corrected chi connectivity index (χ0v) is 12.1. The van der Waals surface area contributed by atoms with E-state index in [4.69, 9.17) is 28.9 Å². The van der Waals surface area contributed by atoms with Crippen LogP contribution in [0.3, 0.4) is 0 Å². The summed E-state index contributed by atoms with van der Waals surface area (Å²) >= 11 is 13.7. The predicted octanol–water partition coefficient (Wildman–Crippen LogP) is 4.28. The van der Waals surface area contributed by atoms with Crippen molar-refractivity contribution in [1.82, 2.24) is 0 Å². The van der Waals surface area contributed by atoms with Crippen LogP contribution in [0.4, 0.5) is 4.39 Å². The maximum Gasteiger partial charge on any atom is 0.217 e. The Morgan fingerprint density at radius 2 is 1.89 bits per heavy atom. The standard InChI is InChI=1S/C13H10Cl2FNOS/c14-11-9(5-6-10(17)18)13(15)19-12(11)7-1-3-8(16)4-2-7/h1-4H,5-6H2,(H2,17,18). The maximum atomic E-state index is 12.9. The van der Waals surface area contributed by atoms with Gasteiger partial charge in [0.15, 0.2) is 0 Å². The monoisotopic (exact) mass is 317 g/mol. The van der Waals surface area contributed by atoms with Crippen molar-refractivity contribution in [2.45, 2.75) is 12.8 Å². The molecule has 1 amide bonds. The van der Waals surface area contributed by atoms with E-state index in [0.717, 1.165) is 10.4 Å². The molecule has 0 fully saturated rings.